The van der Waals surface area contributed by atoms with Crippen molar-refractivity contribution in [3.05, 3.63) is 52.5 Å². The number of hydrogen-bond donors (Lipinski definition) is 1. The predicted octanol–water partition coefficient (Wildman–Crippen LogP) is 3.09. The van der Waals surface area contributed by atoms with Crippen LogP contribution in [0.3, 0.4) is 0 Å². The van der Waals surface area contributed by atoms with Crippen LogP contribution < -0.4 is 5.32 Å². The summed E-state index contributed by atoms with van der Waals surface area (Å²) in [5, 5.41) is 2.69. The number of carbonyl (C=O) groups excluding carboxylic acids is 2. The van der Waals surface area contributed by atoms with E-state index >= 15 is 0 Å². The van der Waals surface area contributed by atoms with Gasteiger partial charge in [0.15, 0.2) is 0 Å². The fourth-order valence-corrected chi connectivity index (χ4v) is 1.75. The van der Waals surface area contributed by atoms with Gasteiger partial charge in [-0.2, -0.15) is 0 Å². The van der Waals surface area contributed by atoms with E-state index in [4.69, 9.17) is 0 Å². The molecule has 4 nitrogen and oxygen atoms in total. The second kappa shape index (κ2) is 9.94. The lowest BCUT2D eigenvalue weighted by atomic mass is 10.2. The largest absolute Gasteiger partial charge is 0.469 e. The number of allylic oxidation sites excluding steroid dienone is 2. The fraction of sp³-hybridized carbons (Fsp3) is 0.250. The molecule has 0 aromatic heterocycles. The second-order valence-electron chi connectivity index (χ2n) is 4.24. The summed E-state index contributed by atoms with van der Waals surface area (Å²) < 4.78 is 5.54. The second-order valence-corrected chi connectivity index (χ2v) is 5.16. The van der Waals surface area contributed by atoms with Crippen LogP contribution >= 0.6 is 15.9 Å². The molecule has 0 unspecified atom stereocenters. The van der Waals surface area contributed by atoms with Gasteiger partial charge in [0.05, 0.1) is 7.11 Å². The third-order valence-corrected chi connectivity index (χ3v) is 3.13. The average Bonchev–Trinajstić information content (AvgIpc) is 2.49. The Balaban J connectivity index is 2.24. The van der Waals surface area contributed by atoms with Crippen LogP contribution in [0.1, 0.15) is 18.4 Å². The van der Waals surface area contributed by atoms with Gasteiger partial charge in [-0.15, -0.1) is 0 Å². The Labute approximate surface area is 133 Å². The van der Waals surface area contributed by atoms with E-state index in [2.05, 4.69) is 26.0 Å². The first-order valence-corrected chi connectivity index (χ1v) is 7.36. The minimum Gasteiger partial charge on any atom is -0.469 e. The minimum atomic E-state index is -0.266. The molecule has 1 aromatic rings. The highest BCUT2D eigenvalue weighted by atomic mass is 79.9. The maximum atomic E-state index is 11.5. The maximum Gasteiger partial charge on any atom is 0.305 e. The van der Waals surface area contributed by atoms with Crippen molar-refractivity contribution in [3.63, 3.8) is 0 Å². The first kappa shape index (κ1) is 17.2. The SMILES string of the molecule is COC(=O)CCCNC(=O)/C=C/C=C/c1ccc(Br)cc1. The van der Waals surface area contributed by atoms with Gasteiger partial charge in [-0.05, 0) is 24.1 Å². The third-order valence-electron chi connectivity index (χ3n) is 2.60. The zero-order valence-electron chi connectivity index (χ0n) is 11.8. The monoisotopic (exact) mass is 351 g/mol. The highest BCUT2D eigenvalue weighted by Gasteiger charge is 1.99. The number of hydrogen-bond acceptors (Lipinski definition) is 3. The number of ether oxygens (including phenoxy) is 1. The summed E-state index contributed by atoms with van der Waals surface area (Å²) in [7, 11) is 1.35. The number of amides is 1. The normalized spacial score (nSPS) is 11.0. The first-order valence-electron chi connectivity index (χ1n) is 6.57. The van der Waals surface area contributed by atoms with Crippen LogP contribution in [-0.4, -0.2) is 25.5 Å². The van der Waals surface area contributed by atoms with E-state index in [0.29, 0.717) is 19.4 Å². The topological polar surface area (TPSA) is 55.4 Å². The lowest BCUT2D eigenvalue weighted by Gasteiger charge is -2.00. The van der Waals surface area contributed by atoms with Gasteiger partial charge in [0.25, 0.3) is 0 Å². The summed E-state index contributed by atoms with van der Waals surface area (Å²) >= 11 is 3.37. The highest BCUT2D eigenvalue weighted by molar-refractivity contribution is 9.10. The molecule has 0 saturated carbocycles. The molecular formula is C16H18BrNO3. The zero-order valence-corrected chi connectivity index (χ0v) is 13.4. The number of esters is 1. The fourth-order valence-electron chi connectivity index (χ4n) is 1.49. The molecule has 0 fully saturated rings. The molecule has 1 aromatic carbocycles. The summed E-state index contributed by atoms with van der Waals surface area (Å²) in [5.41, 5.74) is 1.06. The van der Waals surface area contributed by atoms with Crippen LogP contribution in [-0.2, 0) is 14.3 Å². The molecule has 0 spiro atoms. The first-order chi connectivity index (χ1) is 10.1. The summed E-state index contributed by atoms with van der Waals surface area (Å²) in [6, 6.07) is 7.86. The standard InChI is InChI=1S/C16H18BrNO3/c1-21-16(20)7-4-12-18-15(19)6-3-2-5-13-8-10-14(17)11-9-13/h2-3,5-6,8-11H,4,7,12H2,1H3,(H,18,19)/b5-2+,6-3+. The van der Waals surface area contributed by atoms with Crippen LogP contribution in [0.2, 0.25) is 0 Å². The van der Waals surface area contributed by atoms with Crippen molar-refractivity contribution in [2.45, 2.75) is 12.8 Å². The van der Waals surface area contributed by atoms with Crippen molar-refractivity contribution in [1.82, 2.24) is 5.32 Å². The maximum absolute atomic E-state index is 11.5. The van der Waals surface area contributed by atoms with Gasteiger partial charge in [0, 0.05) is 23.5 Å². The Bertz CT molecular complexity index is 521. The Kier molecular flexibility index (Phi) is 8.12. The molecule has 0 aliphatic heterocycles. The molecule has 112 valence electrons. The van der Waals surface area contributed by atoms with Gasteiger partial charge < -0.3 is 10.1 Å². The average molecular weight is 352 g/mol. The number of halogens is 1. The molecule has 0 heterocycles. The number of rotatable bonds is 7. The van der Waals surface area contributed by atoms with E-state index in [0.717, 1.165) is 10.0 Å². The van der Waals surface area contributed by atoms with Crippen LogP contribution in [0, 0.1) is 0 Å². The Hall–Kier alpha value is -1.88. The molecule has 0 aliphatic carbocycles. The van der Waals surface area contributed by atoms with Crippen LogP contribution in [0.4, 0.5) is 0 Å². The van der Waals surface area contributed by atoms with Crippen molar-refractivity contribution in [3.8, 4) is 0 Å². The molecular weight excluding hydrogens is 334 g/mol. The van der Waals surface area contributed by atoms with E-state index in [-0.39, 0.29) is 11.9 Å². The van der Waals surface area contributed by atoms with Gasteiger partial charge in [0.2, 0.25) is 5.91 Å². The molecule has 0 bridgehead atoms. The summed E-state index contributed by atoms with van der Waals surface area (Å²) in [6.45, 7) is 0.453. The molecule has 21 heavy (non-hydrogen) atoms. The van der Waals surface area contributed by atoms with Gasteiger partial charge >= 0.3 is 5.97 Å². The van der Waals surface area contributed by atoms with Crippen molar-refractivity contribution in [2.75, 3.05) is 13.7 Å². The molecule has 1 rings (SSSR count). The number of nitrogens with one attached hydrogen (secondary N) is 1. The zero-order chi connectivity index (χ0) is 15.5. The molecule has 5 heteroatoms. The lowest BCUT2D eigenvalue weighted by Crippen LogP contribution is -2.22. The molecule has 0 saturated heterocycles. The van der Waals surface area contributed by atoms with E-state index in [1.165, 1.54) is 13.2 Å². The Morgan fingerprint density at radius 1 is 1.24 bits per heavy atom. The summed E-state index contributed by atoms with van der Waals surface area (Å²) in [6.07, 6.45) is 7.72. The quantitative estimate of drug-likeness (QED) is 0.355. The lowest BCUT2D eigenvalue weighted by molar-refractivity contribution is -0.140. The highest BCUT2D eigenvalue weighted by Crippen LogP contribution is 2.11. The minimum absolute atomic E-state index is 0.180. The molecule has 1 amide bonds. The molecule has 0 aliphatic rings. The molecule has 1 N–H and O–H groups in total. The van der Waals surface area contributed by atoms with E-state index < -0.39 is 0 Å². The van der Waals surface area contributed by atoms with E-state index in [1.807, 2.05) is 30.3 Å². The van der Waals surface area contributed by atoms with Crippen molar-refractivity contribution in [1.29, 1.82) is 0 Å². The van der Waals surface area contributed by atoms with Gasteiger partial charge in [-0.3, -0.25) is 9.59 Å². The summed E-state index contributed by atoms with van der Waals surface area (Å²) in [5.74, 6) is -0.447. The predicted molar refractivity (Wildman–Crippen MR) is 86.6 cm³/mol. The van der Waals surface area contributed by atoms with Crippen molar-refractivity contribution < 1.29 is 14.3 Å². The van der Waals surface area contributed by atoms with E-state index in [9.17, 15) is 9.59 Å². The number of methoxy groups -OCH3 is 1. The van der Waals surface area contributed by atoms with Gasteiger partial charge in [0.1, 0.15) is 0 Å². The van der Waals surface area contributed by atoms with E-state index in [1.54, 1.807) is 12.2 Å². The number of benzene rings is 1. The summed E-state index contributed by atoms with van der Waals surface area (Å²) in [4.78, 5) is 22.3. The number of carbonyl (C=O) groups is 2. The smallest absolute Gasteiger partial charge is 0.305 e. The van der Waals surface area contributed by atoms with Gasteiger partial charge in [-0.1, -0.05) is 46.3 Å². The third kappa shape index (κ3) is 8.09. The van der Waals surface area contributed by atoms with Gasteiger partial charge in [-0.25, -0.2) is 0 Å². The molecule has 0 atom stereocenters. The Morgan fingerprint density at radius 3 is 2.62 bits per heavy atom. The van der Waals surface area contributed by atoms with Crippen molar-refractivity contribution in [2.24, 2.45) is 0 Å². The molecule has 0 radical (unpaired) electrons. The van der Waals surface area contributed by atoms with Crippen LogP contribution in [0.5, 0.6) is 0 Å². The Morgan fingerprint density at radius 2 is 1.95 bits per heavy atom. The van der Waals surface area contributed by atoms with Crippen molar-refractivity contribution >= 4 is 33.9 Å². The van der Waals surface area contributed by atoms with Crippen LogP contribution in [0.25, 0.3) is 6.08 Å². The van der Waals surface area contributed by atoms with Crippen LogP contribution in [0.15, 0.2) is 47.0 Å².